The highest BCUT2D eigenvalue weighted by atomic mass is 16.5. The van der Waals surface area contributed by atoms with Crippen molar-refractivity contribution in [2.75, 3.05) is 6.61 Å². The fourth-order valence-corrected chi connectivity index (χ4v) is 1.43. The van der Waals surface area contributed by atoms with E-state index >= 15 is 0 Å². The number of carboxylic acid groups (broad SMARTS) is 1. The summed E-state index contributed by atoms with van der Waals surface area (Å²) >= 11 is 0. The lowest BCUT2D eigenvalue weighted by atomic mass is 10.0. The van der Waals surface area contributed by atoms with Crippen molar-refractivity contribution in [3.63, 3.8) is 0 Å². The first-order chi connectivity index (χ1) is 7.65. The number of ether oxygens (including phenoxy) is 1. The summed E-state index contributed by atoms with van der Waals surface area (Å²) in [5.41, 5.74) is 6.56. The van der Waals surface area contributed by atoms with Gasteiger partial charge >= 0.3 is 5.97 Å². The first kappa shape index (κ1) is 12.5. The third kappa shape index (κ3) is 3.55. The fourth-order valence-electron chi connectivity index (χ4n) is 1.43. The van der Waals surface area contributed by atoms with E-state index in [4.69, 9.17) is 15.6 Å². The van der Waals surface area contributed by atoms with E-state index < -0.39 is 12.0 Å². The number of carbonyl (C=O) groups is 1. The molecule has 4 heteroatoms. The minimum absolute atomic E-state index is 0.0908. The van der Waals surface area contributed by atoms with Crippen LogP contribution in [0.5, 0.6) is 5.75 Å². The Morgan fingerprint density at radius 3 is 2.81 bits per heavy atom. The smallest absolute Gasteiger partial charge is 0.305 e. The van der Waals surface area contributed by atoms with Crippen LogP contribution < -0.4 is 10.5 Å². The average molecular weight is 223 g/mol. The molecular formula is C12H17NO3. The number of aliphatic carboxylic acids is 1. The van der Waals surface area contributed by atoms with Gasteiger partial charge in [-0.15, -0.1) is 0 Å². The number of para-hydroxylation sites is 1. The van der Waals surface area contributed by atoms with Crippen molar-refractivity contribution < 1.29 is 14.6 Å². The van der Waals surface area contributed by atoms with E-state index in [1.165, 1.54) is 0 Å². The minimum atomic E-state index is -0.905. The summed E-state index contributed by atoms with van der Waals surface area (Å²) in [7, 11) is 0. The number of benzene rings is 1. The second kappa shape index (κ2) is 6.12. The first-order valence-electron chi connectivity index (χ1n) is 5.34. The molecular weight excluding hydrogens is 206 g/mol. The molecule has 0 heterocycles. The molecule has 0 aliphatic carbocycles. The van der Waals surface area contributed by atoms with Crippen molar-refractivity contribution in [2.24, 2.45) is 5.73 Å². The summed E-state index contributed by atoms with van der Waals surface area (Å²) in [6.45, 7) is 2.62. The number of nitrogens with two attached hydrogens (primary N) is 1. The van der Waals surface area contributed by atoms with Crippen molar-refractivity contribution in [1.82, 2.24) is 0 Å². The molecule has 0 fully saturated rings. The number of hydrogen-bond donors (Lipinski definition) is 2. The summed E-state index contributed by atoms with van der Waals surface area (Å²) < 4.78 is 5.52. The molecule has 1 aromatic carbocycles. The monoisotopic (exact) mass is 223 g/mol. The molecule has 0 aromatic heterocycles. The highest BCUT2D eigenvalue weighted by molar-refractivity contribution is 5.68. The van der Waals surface area contributed by atoms with Gasteiger partial charge in [-0.25, -0.2) is 0 Å². The van der Waals surface area contributed by atoms with Crippen molar-refractivity contribution in [2.45, 2.75) is 25.8 Å². The summed E-state index contributed by atoms with van der Waals surface area (Å²) in [5.74, 6) is -0.226. The van der Waals surface area contributed by atoms with E-state index in [2.05, 4.69) is 0 Å². The lowest BCUT2D eigenvalue weighted by Gasteiger charge is -2.15. The molecule has 0 aliphatic heterocycles. The quantitative estimate of drug-likeness (QED) is 0.773. The Kier molecular flexibility index (Phi) is 4.79. The van der Waals surface area contributed by atoms with Gasteiger partial charge in [0.15, 0.2) is 0 Å². The Morgan fingerprint density at radius 2 is 2.19 bits per heavy atom. The molecule has 1 rings (SSSR count). The predicted molar refractivity (Wildman–Crippen MR) is 61.4 cm³/mol. The van der Waals surface area contributed by atoms with Crippen LogP contribution in [-0.4, -0.2) is 17.7 Å². The van der Waals surface area contributed by atoms with Gasteiger partial charge in [0.1, 0.15) is 5.75 Å². The zero-order valence-electron chi connectivity index (χ0n) is 9.35. The van der Waals surface area contributed by atoms with E-state index in [1.807, 2.05) is 25.1 Å². The van der Waals surface area contributed by atoms with Gasteiger partial charge in [-0.1, -0.05) is 25.1 Å². The molecule has 0 saturated carbocycles. The minimum Gasteiger partial charge on any atom is -0.493 e. The van der Waals surface area contributed by atoms with E-state index in [0.29, 0.717) is 12.4 Å². The van der Waals surface area contributed by atoms with Crippen LogP contribution in [0, 0.1) is 0 Å². The Morgan fingerprint density at radius 1 is 1.50 bits per heavy atom. The van der Waals surface area contributed by atoms with Gasteiger partial charge in [0.2, 0.25) is 0 Å². The largest absolute Gasteiger partial charge is 0.493 e. The van der Waals surface area contributed by atoms with Crippen molar-refractivity contribution in [3.8, 4) is 5.75 Å². The molecule has 0 bridgehead atoms. The molecule has 0 spiro atoms. The second-order valence-electron chi connectivity index (χ2n) is 3.59. The Hall–Kier alpha value is -1.55. The SMILES string of the molecule is CCCOc1ccccc1C(N)CC(=O)O. The molecule has 1 aromatic rings. The highest BCUT2D eigenvalue weighted by Crippen LogP contribution is 2.25. The third-order valence-electron chi connectivity index (χ3n) is 2.17. The Balaban J connectivity index is 2.80. The molecule has 0 aliphatic rings. The molecule has 4 nitrogen and oxygen atoms in total. The summed E-state index contributed by atoms with van der Waals surface area (Å²) in [5, 5.41) is 8.69. The third-order valence-corrected chi connectivity index (χ3v) is 2.17. The van der Waals surface area contributed by atoms with Gasteiger partial charge in [0.05, 0.1) is 13.0 Å². The first-order valence-corrected chi connectivity index (χ1v) is 5.34. The van der Waals surface area contributed by atoms with Crippen LogP contribution in [0.2, 0.25) is 0 Å². The summed E-state index contributed by atoms with van der Waals surface area (Å²) in [4.78, 5) is 10.6. The van der Waals surface area contributed by atoms with Crippen molar-refractivity contribution in [1.29, 1.82) is 0 Å². The van der Waals surface area contributed by atoms with E-state index in [-0.39, 0.29) is 6.42 Å². The van der Waals surface area contributed by atoms with E-state index in [0.717, 1.165) is 12.0 Å². The van der Waals surface area contributed by atoms with Gasteiger partial charge in [0, 0.05) is 11.6 Å². The standard InChI is InChI=1S/C12H17NO3/c1-2-7-16-11-6-4-3-5-9(11)10(13)8-12(14)15/h3-6,10H,2,7-8,13H2,1H3,(H,14,15). The second-order valence-corrected chi connectivity index (χ2v) is 3.59. The summed E-state index contributed by atoms with van der Waals surface area (Å²) in [6, 6.07) is 6.77. The summed E-state index contributed by atoms with van der Waals surface area (Å²) in [6.07, 6.45) is 0.814. The molecule has 1 atom stereocenters. The maximum Gasteiger partial charge on any atom is 0.305 e. The van der Waals surface area contributed by atoms with Crippen molar-refractivity contribution >= 4 is 5.97 Å². The highest BCUT2D eigenvalue weighted by Gasteiger charge is 2.14. The van der Waals surface area contributed by atoms with Gasteiger partial charge in [-0.05, 0) is 12.5 Å². The zero-order valence-corrected chi connectivity index (χ0v) is 9.35. The molecule has 1 unspecified atom stereocenters. The van der Waals surface area contributed by atoms with Gasteiger partial charge in [0.25, 0.3) is 0 Å². The van der Waals surface area contributed by atoms with Crippen molar-refractivity contribution in [3.05, 3.63) is 29.8 Å². The average Bonchev–Trinajstić information content (AvgIpc) is 2.25. The maximum atomic E-state index is 10.6. The van der Waals surface area contributed by atoms with Crippen LogP contribution in [-0.2, 0) is 4.79 Å². The zero-order chi connectivity index (χ0) is 12.0. The van der Waals surface area contributed by atoms with Crippen LogP contribution in [0.4, 0.5) is 0 Å². The van der Waals surface area contributed by atoms with Crippen LogP contribution >= 0.6 is 0 Å². The predicted octanol–water partition coefficient (Wildman–Crippen LogP) is 1.95. The fraction of sp³-hybridized carbons (Fsp3) is 0.417. The molecule has 16 heavy (non-hydrogen) atoms. The molecule has 0 saturated heterocycles. The van der Waals surface area contributed by atoms with Gasteiger partial charge in [-0.2, -0.15) is 0 Å². The van der Waals surface area contributed by atoms with Gasteiger partial charge in [-0.3, -0.25) is 4.79 Å². The lowest BCUT2D eigenvalue weighted by molar-refractivity contribution is -0.137. The Bertz CT molecular complexity index is 352. The van der Waals surface area contributed by atoms with Crippen LogP contribution in [0.3, 0.4) is 0 Å². The number of carboxylic acids is 1. The number of rotatable bonds is 6. The van der Waals surface area contributed by atoms with Crippen LogP contribution in [0.15, 0.2) is 24.3 Å². The number of hydrogen-bond acceptors (Lipinski definition) is 3. The Labute approximate surface area is 95.0 Å². The van der Waals surface area contributed by atoms with E-state index in [1.54, 1.807) is 6.07 Å². The van der Waals surface area contributed by atoms with Crippen LogP contribution in [0.25, 0.3) is 0 Å². The molecule has 0 amide bonds. The lowest BCUT2D eigenvalue weighted by Crippen LogP contribution is -2.16. The van der Waals surface area contributed by atoms with E-state index in [9.17, 15) is 4.79 Å². The molecule has 88 valence electrons. The van der Waals surface area contributed by atoms with Crippen LogP contribution in [0.1, 0.15) is 31.4 Å². The normalized spacial score (nSPS) is 12.1. The molecule has 0 radical (unpaired) electrons. The topological polar surface area (TPSA) is 72.5 Å². The molecule has 3 N–H and O–H groups in total. The van der Waals surface area contributed by atoms with Gasteiger partial charge < -0.3 is 15.6 Å². The maximum absolute atomic E-state index is 10.6.